The number of carbonyl (C=O) groups is 1. The minimum absolute atomic E-state index is 0.0326. The van der Waals surface area contributed by atoms with Crippen LogP contribution in [0.2, 0.25) is 0 Å². The number of nitrogens with one attached hydrogen (secondary N) is 1. The molecule has 0 radical (unpaired) electrons. The lowest BCUT2D eigenvalue weighted by molar-refractivity contribution is 0.0702. The smallest absolute Gasteiger partial charge is 0.345 e. The van der Waals surface area contributed by atoms with Crippen molar-refractivity contribution in [3.63, 3.8) is 0 Å². The number of rotatable bonds is 6. The van der Waals surface area contributed by atoms with Crippen LogP contribution < -0.4 is 4.72 Å². The molecule has 1 unspecified atom stereocenters. The lowest BCUT2D eigenvalue weighted by atomic mass is 10.2. The van der Waals surface area contributed by atoms with Crippen molar-refractivity contribution in [2.24, 2.45) is 5.92 Å². The van der Waals surface area contributed by atoms with Gasteiger partial charge in [0.25, 0.3) is 0 Å². The highest BCUT2D eigenvalue weighted by molar-refractivity contribution is 7.91. The first kappa shape index (κ1) is 13.5. The number of hydrogen-bond acceptors (Lipinski definition) is 4. The summed E-state index contributed by atoms with van der Waals surface area (Å²) in [5.41, 5.74) is 0. The fourth-order valence-corrected chi connectivity index (χ4v) is 4.22. The van der Waals surface area contributed by atoms with Gasteiger partial charge in [0.2, 0.25) is 10.0 Å². The Morgan fingerprint density at radius 3 is 2.72 bits per heavy atom. The van der Waals surface area contributed by atoms with Crippen molar-refractivity contribution in [1.29, 1.82) is 0 Å². The Labute approximate surface area is 110 Å². The molecule has 1 atom stereocenters. The molecule has 0 saturated heterocycles. The Bertz CT molecular complexity index is 545. The maximum Gasteiger partial charge on any atom is 0.345 e. The quantitative estimate of drug-likeness (QED) is 0.838. The maximum atomic E-state index is 12.0. The Morgan fingerprint density at radius 1 is 1.56 bits per heavy atom. The summed E-state index contributed by atoms with van der Waals surface area (Å²) in [4.78, 5) is 10.7. The molecular formula is C11H15NO4S2. The third-order valence-corrected chi connectivity index (χ3v) is 5.95. The topological polar surface area (TPSA) is 83.5 Å². The molecule has 0 bridgehead atoms. The second kappa shape index (κ2) is 4.99. The van der Waals surface area contributed by atoms with E-state index in [-0.39, 0.29) is 15.1 Å². The van der Waals surface area contributed by atoms with Gasteiger partial charge in [-0.3, -0.25) is 0 Å². The predicted molar refractivity (Wildman–Crippen MR) is 68.4 cm³/mol. The molecule has 0 spiro atoms. The standard InChI is InChI=1S/C11H15NO4S2/c1-7(6-8-2-3-8)12-18(15,16)10-5-4-9(17-10)11(13)14/h4-5,7-8,12H,2-3,6H2,1H3,(H,13,14). The Hall–Kier alpha value is -0.920. The van der Waals surface area contributed by atoms with E-state index in [1.165, 1.54) is 25.0 Å². The molecule has 1 saturated carbocycles. The molecule has 7 heteroatoms. The summed E-state index contributed by atoms with van der Waals surface area (Å²) in [5, 5.41) is 8.77. The van der Waals surface area contributed by atoms with Crippen molar-refractivity contribution in [3.8, 4) is 0 Å². The number of hydrogen-bond donors (Lipinski definition) is 2. The summed E-state index contributed by atoms with van der Waals surface area (Å²) in [7, 11) is -3.58. The van der Waals surface area contributed by atoms with Gasteiger partial charge in [-0.05, 0) is 31.4 Å². The van der Waals surface area contributed by atoms with E-state index in [1.807, 2.05) is 6.92 Å². The first-order chi connectivity index (χ1) is 8.38. The molecule has 2 rings (SSSR count). The third-order valence-electron chi connectivity index (χ3n) is 2.80. The monoisotopic (exact) mass is 289 g/mol. The van der Waals surface area contributed by atoms with E-state index in [9.17, 15) is 13.2 Å². The van der Waals surface area contributed by atoms with E-state index in [1.54, 1.807) is 0 Å². The van der Waals surface area contributed by atoms with Gasteiger partial charge in [0.1, 0.15) is 9.09 Å². The molecule has 1 fully saturated rings. The van der Waals surface area contributed by atoms with E-state index in [2.05, 4.69) is 4.72 Å². The van der Waals surface area contributed by atoms with Crippen LogP contribution in [0, 0.1) is 5.92 Å². The summed E-state index contributed by atoms with van der Waals surface area (Å²) in [5.74, 6) is -0.465. The van der Waals surface area contributed by atoms with E-state index < -0.39 is 16.0 Å². The summed E-state index contributed by atoms with van der Waals surface area (Å²) >= 11 is 0.774. The molecule has 1 heterocycles. The van der Waals surface area contributed by atoms with Gasteiger partial charge in [-0.25, -0.2) is 17.9 Å². The predicted octanol–water partition coefficient (Wildman–Crippen LogP) is 1.91. The van der Waals surface area contributed by atoms with Gasteiger partial charge < -0.3 is 5.11 Å². The van der Waals surface area contributed by atoms with Gasteiger partial charge in [0.05, 0.1) is 0 Å². The molecule has 1 aliphatic carbocycles. The van der Waals surface area contributed by atoms with Gasteiger partial charge in [-0.2, -0.15) is 0 Å². The zero-order chi connectivity index (χ0) is 13.3. The van der Waals surface area contributed by atoms with E-state index in [0.29, 0.717) is 5.92 Å². The third kappa shape index (κ3) is 3.30. The fourth-order valence-electron chi connectivity index (χ4n) is 1.80. The van der Waals surface area contributed by atoms with Crippen LogP contribution in [-0.2, 0) is 10.0 Å². The molecule has 0 aromatic carbocycles. The molecule has 0 amide bonds. The fraction of sp³-hybridized carbons (Fsp3) is 0.545. The minimum atomic E-state index is -3.58. The maximum absolute atomic E-state index is 12.0. The molecule has 2 N–H and O–H groups in total. The SMILES string of the molecule is CC(CC1CC1)NS(=O)(=O)c1ccc(C(=O)O)s1. The zero-order valence-corrected chi connectivity index (χ0v) is 11.6. The number of carboxylic acids is 1. The molecule has 5 nitrogen and oxygen atoms in total. The number of sulfonamides is 1. The first-order valence-corrected chi connectivity index (χ1v) is 8.04. The van der Waals surface area contributed by atoms with Gasteiger partial charge in [-0.1, -0.05) is 12.8 Å². The number of aromatic carboxylic acids is 1. The van der Waals surface area contributed by atoms with Crippen molar-refractivity contribution in [2.45, 2.75) is 36.4 Å². The van der Waals surface area contributed by atoms with Crippen LogP contribution in [0.5, 0.6) is 0 Å². The zero-order valence-electron chi connectivity index (χ0n) is 9.92. The molecule has 1 aromatic rings. The second-order valence-electron chi connectivity index (χ2n) is 4.63. The normalized spacial score (nSPS) is 17.6. The van der Waals surface area contributed by atoms with Gasteiger partial charge in [0, 0.05) is 6.04 Å². The largest absolute Gasteiger partial charge is 0.477 e. The second-order valence-corrected chi connectivity index (χ2v) is 7.65. The van der Waals surface area contributed by atoms with E-state index >= 15 is 0 Å². The Morgan fingerprint density at radius 2 is 2.22 bits per heavy atom. The molecule has 100 valence electrons. The lowest BCUT2D eigenvalue weighted by Crippen LogP contribution is -2.32. The Kier molecular flexibility index (Phi) is 3.74. The van der Waals surface area contributed by atoms with Crippen molar-refractivity contribution < 1.29 is 18.3 Å². The summed E-state index contributed by atoms with van der Waals surface area (Å²) in [6.45, 7) is 1.83. The number of thiophene rings is 1. The average Bonchev–Trinajstić information content (AvgIpc) is 2.91. The number of carboxylic acid groups (broad SMARTS) is 1. The minimum Gasteiger partial charge on any atom is -0.477 e. The van der Waals surface area contributed by atoms with Gasteiger partial charge in [-0.15, -0.1) is 11.3 Å². The van der Waals surface area contributed by atoms with Crippen LogP contribution in [0.15, 0.2) is 16.3 Å². The van der Waals surface area contributed by atoms with Crippen molar-refractivity contribution in [3.05, 3.63) is 17.0 Å². The van der Waals surface area contributed by atoms with Crippen molar-refractivity contribution in [1.82, 2.24) is 4.72 Å². The highest BCUT2D eigenvalue weighted by atomic mass is 32.2. The Balaban J connectivity index is 2.06. The molecule has 18 heavy (non-hydrogen) atoms. The van der Waals surface area contributed by atoms with Crippen LogP contribution in [0.25, 0.3) is 0 Å². The van der Waals surface area contributed by atoms with Gasteiger partial charge in [0.15, 0.2) is 0 Å². The molecule has 1 aromatic heterocycles. The van der Waals surface area contributed by atoms with Crippen molar-refractivity contribution in [2.75, 3.05) is 0 Å². The van der Waals surface area contributed by atoms with Crippen LogP contribution in [0.1, 0.15) is 35.9 Å². The van der Waals surface area contributed by atoms with E-state index in [0.717, 1.165) is 17.8 Å². The molecule has 0 aliphatic heterocycles. The van der Waals surface area contributed by atoms with Crippen LogP contribution in [-0.4, -0.2) is 25.5 Å². The van der Waals surface area contributed by atoms with Crippen molar-refractivity contribution >= 4 is 27.3 Å². The first-order valence-electron chi connectivity index (χ1n) is 5.74. The summed E-state index contributed by atoms with van der Waals surface area (Å²) in [6, 6.07) is 2.53. The van der Waals surface area contributed by atoms with Crippen LogP contribution in [0.4, 0.5) is 0 Å². The van der Waals surface area contributed by atoms with Crippen LogP contribution in [0.3, 0.4) is 0 Å². The lowest BCUT2D eigenvalue weighted by Gasteiger charge is -2.12. The molecular weight excluding hydrogens is 274 g/mol. The summed E-state index contributed by atoms with van der Waals surface area (Å²) < 4.78 is 26.6. The highest BCUT2D eigenvalue weighted by Gasteiger charge is 2.27. The average molecular weight is 289 g/mol. The van der Waals surface area contributed by atoms with E-state index in [4.69, 9.17) is 5.11 Å². The van der Waals surface area contributed by atoms with Gasteiger partial charge >= 0.3 is 5.97 Å². The van der Waals surface area contributed by atoms with Crippen LogP contribution >= 0.6 is 11.3 Å². The molecule has 1 aliphatic rings. The highest BCUT2D eigenvalue weighted by Crippen LogP contribution is 2.33. The summed E-state index contributed by atoms with van der Waals surface area (Å²) in [6.07, 6.45) is 3.19.